The number of carbonyl (C=O) groups is 3. The highest BCUT2D eigenvalue weighted by atomic mass is 16.7. The zero-order valence-electron chi connectivity index (χ0n) is 64.2. The number of nitrogens with zero attached hydrogens (tertiary/aromatic N) is 1. The predicted molar refractivity (Wildman–Crippen MR) is 417 cm³/mol. The second-order valence-electron chi connectivity index (χ2n) is 28.7. The molecule has 0 N–H and O–H groups in total. The van der Waals surface area contributed by atoms with Crippen molar-refractivity contribution < 1.29 is 42.9 Å². The number of carboxylic acids is 1. The number of hydrogen-bond acceptors (Lipinski definition) is 8. The van der Waals surface area contributed by atoms with Crippen molar-refractivity contribution in [2.24, 2.45) is 0 Å². The lowest BCUT2D eigenvalue weighted by atomic mass is 10.0. The molecule has 9 nitrogen and oxygen atoms in total. The number of carbonyl (C=O) groups excluding carboxylic acids is 3. The number of carboxylic acid groups (broad SMARTS) is 1. The molecule has 0 amide bonds. The highest BCUT2D eigenvalue weighted by molar-refractivity contribution is 5.70. The Hall–Kier alpha value is -4.05. The number of quaternary nitrogens is 1. The maximum Gasteiger partial charge on any atom is 0.306 e. The van der Waals surface area contributed by atoms with Gasteiger partial charge in [0.15, 0.2) is 12.4 Å². The highest BCUT2D eigenvalue weighted by Gasteiger charge is 2.22. The van der Waals surface area contributed by atoms with Gasteiger partial charge in [-0.05, 0) is 103 Å². The smallest absolute Gasteiger partial charge is 0.306 e. The van der Waals surface area contributed by atoms with E-state index in [0.29, 0.717) is 23.9 Å². The van der Waals surface area contributed by atoms with Crippen molar-refractivity contribution in [3.63, 3.8) is 0 Å². The van der Waals surface area contributed by atoms with Crippen molar-refractivity contribution >= 4 is 17.9 Å². The van der Waals surface area contributed by atoms with Crippen LogP contribution in [0.4, 0.5) is 0 Å². The zero-order valence-corrected chi connectivity index (χ0v) is 64.2. The number of allylic oxidation sites excluding steroid dienone is 18. The minimum Gasteiger partial charge on any atom is -0.545 e. The van der Waals surface area contributed by atoms with E-state index in [-0.39, 0.29) is 32.2 Å². The quantitative estimate of drug-likeness (QED) is 0.0195. The molecule has 9 heteroatoms. The summed E-state index contributed by atoms with van der Waals surface area (Å²) in [5, 5.41) is 11.9. The molecule has 0 radical (unpaired) electrons. The van der Waals surface area contributed by atoms with E-state index < -0.39 is 24.3 Å². The number of rotatable bonds is 76. The van der Waals surface area contributed by atoms with Gasteiger partial charge in [-0.1, -0.05) is 367 Å². The monoisotopic (exact) mass is 1350 g/mol. The van der Waals surface area contributed by atoms with E-state index in [1.54, 1.807) is 0 Å². The van der Waals surface area contributed by atoms with Crippen molar-refractivity contribution in [3.05, 3.63) is 109 Å². The second kappa shape index (κ2) is 77.7. The third-order valence-corrected chi connectivity index (χ3v) is 18.0. The fraction of sp³-hybridized carbons (Fsp3) is 0.761. The van der Waals surface area contributed by atoms with E-state index in [1.807, 2.05) is 21.1 Å². The number of likely N-dealkylation sites (N-methyl/N-ethyl adjacent to an activating group) is 1. The lowest BCUT2D eigenvalue weighted by Crippen LogP contribution is -2.44. The maximum atomic E-state index is 13.0. The molecule has 0 aliphatic carbocycles. The summed E-state index contributed by atoms with van der Waals surface area (Å²) in [7, 11) is 5.94. The largest absolute Gasteiger partial charge is 0.545 e. The van der Waals surface area contributed by atoms with Gasteiger partial charge >= 0.3 is 11.9 Å². The van der Waals surface area contributed by atoms with Crippen molar-refractivity contribution in [2.45, 2.75) is 386 Å². The summed E-state index contributed by atoms with van der Waals surface area (Å²) < 4.78 is 22.9. The highest BCUT2D eigenvalue weighted by Crippen LogP contribution is 2.19. The molecule has 0 aromatic carbocycles. The average Bonchev–Trinajstić information content (AvgIpc) is 3.74. The first kappa shape index (κ1) is 93.0. The lowest BCUT2D eigenvalue weighted by molar-refractivity contribution is -0.870. The van der Waals surface area contributed by atoms with Crippen LogP contribution in [-0.4, -0.2) is 82.3 Å². The first-order valence-electron chi connectivity index (χ1n) is 41.0. The Balaban J connectivity index is 4.01. The van der Waals surface area contributed by atoms with Crippen LogP contribution in [0.25, 0.3) is 0 Å². The number of ether oxygens (including phenoxy) is 4. The third-order valence-electron chi connectivity index (χ3n) is 18.0. The minimum absolute atomic E-state index is 0.146. The summed E-state index contributed by atoms with van der Waals surface area (Å²) in [5.41, 5.74) is 0. The molecule has 0 aliphatic heterocycles. The Kier molecular flexibility index (Phi) is 74.4. The molecule has 0 aliphatic rings. The van der Waals surface area contributed by atoms with Crippen LogP contribution in [0.5, 0.6) is 0 Å². The van der Waals surface area contributed by atoms with Gasteiger partial charge in [-0.2, -0.15) is 0 Å². The van der Waals surface area contributed by atoms with Crippen LogP contribution in [0, 0.1) is 0 Å². The fourth-order valence-corrected chi connectivity index (χ4v) is 11.8. The standard InChI is InChI=1S/C88H155NO8/c1-6-8-10-12-14-16-18-20-22-24-26-28-30-32-34-36-38-40-42-43-45-46-48-50-52-54-56-58-60-62-64-66-68-70-72-74-76-78-85(90)95-82-84(83-96-88(87(92)93)94-81-80-89(3,4)5)97-86(91)79-77-75-73-71-69-67-65-63-61-59-57-55-53-51-49-47-44-41-39-37-35-33-31-29-27-25-23-21-19-17-15-13-11-9-7-2/h9,11,15,17-18,20-21,23-24,26-27,29,33,35,39,41,47,49,84,88H,6-8,10,12-14,16,19,22,25,28,30-32,34,36-38,40,42-46,48,50-83H2,1-5H3/b11-9-,17-15-,20-18-,23-21-,26-24-,29-27-,35-33-,41-39-,49-47-. The van der Waals surface area contributed by atoms with Crippen LogP contribution in [0.3, 0.4) is 0 Å². The van der Waals surface area contributed by atoms with Gasteiger partial charge in [0.25, 0.3) is 0 Å². The SMILES string of the molecule is CC/C=C\C/C=C\C/C=C\C/C=C\C/C=C\C/C=C\C/C=C\CCCCCCCCCCCCCCCC(=O)OC(COC(=O)CCCCCCCCCCCCCCCCCCCCCCCCCCC/C=C\C/C=C\CCCCCCC)COC(OCC[N+](C)(C)C)C(=O)[O-]. The zero-order chi connectivity index (χ0) is 70.4. The summed E-state index contributed by atoms with van der Waals surface area (Å²) in [6, 6.07) is 0. The van der Waals surface area contributed by atoms with Crippen molar-refractivity contribution in [1.29, 1.82) is 0 Å². The molecule has 560 valence electrons. The number of esters is 2. The molecule has 0 saturated heterocycles. The summed E-state index contributed by atoms with van der Waals surface area (Å²) in [4.78, 5) is 37.6. The minimum atomic E-state index is -1.63. The summed E-state index contributed by atoms with van der Waals surface area (Å²) >= 11 is 0. The van der Waals surface area contributed by atoms with Gasteiger partial charge in [0.1, 0.15) is 13.2 Å². The van der Waals surface area contributed by atoms with Crippen LogP contribution < -0.4 is 5.11 Å². The third kappa shape index (κ3) is 79.2. The van der Waals surface area contributed by atoms with E-state index in [0.717, 1.165) is 89.9 Å². The molecule has 0 bridgehead atoms. The van der Waals surface area contributed by atoms with E-state index in [1.165, 1.54) is 250 Å². The van der Waals surface area contributed by atoms with E-state index in [2.05, 4.69) is 123 Å². The first-order chi connectivity index (χ1) is 47.6. The Morgan fingerprint density at radius 1 is 0.320 bits per heavy atom. The van der Waals surface area contributed by atoms with E-state index in [4.69, 9.17) is 18.9 Å². The number of unbranched alkanes of at least 4 members (excludes halogenated alkanes) is 43. The topological polar surface area (TPSA) is 111 Å². The lowest BCUT2D eigenvalue weighted by Gasteiger charge is -2.26. The maximum absolute atomic E-state index is 13.0. The molecular weight excluding hydrogens is 1200 g/mol. The summed E-state index contributed by atoms with van der Waals surface area (Å²) in [5.74, 6) is -2.27. The van der Waals surface area contributed by atoms with Crippen LogP contribution in [0.15, 0.2) is 109 Å². The van der Waals surface area contributed by atoms with Crippen LogP contribution >= 0.6 is 0 Å². The molecule has 0 rings (SSSR count). The molecule has 2 unspecified atom stereocenters. The fourth-order valence-electron chi connectivity index (χ4n) is 11.8. The summed E-state index contributed by atoms with van der Waals surface area (Å²) in [6.07, 6.45) is 106. The van der Waals surface area contributed by atoms with Crippen molar-refractivity contribution in [2.75, 3.05) is 47.5 Å². The van der Waals surface area contributed by atoms with Gasteiger partial charge in [0, 0.05) is 12.8 Å². The average molecular weight is 1360 g/mol. The molecule has 0 fully saturated rings. The molecular formula is C88H155NO8. The van der Waals surface area contributed by atoms with Gasteiger partial charge in [0.05, 0.1) is 40.3 Å². The van der Waals surface area contributed by atoms with Crippen LogP contribution in [0.2, 0.25) is 0 Å². The van der Waals surface area contributed by atoms with E-state index in [9.17, 15) is 19.5 Å². The number of aliphatic carboxylic acids is 1. The molecule has 0 heterocycles. The predicted octanol–water partition coefficient (Wildman–Crippen LogP) is 25.1. The van der Waals surface area contributed by atoms with Gasteiger partial charge in [-0.25, -0.2) is 0 Å². The molecule has 0 aromatic rings. The Labute approximate surface area is 600 Å². The molecule has 0 spiro atoms. The van der Waals surface area contributed by atoms with Crippen molar-refractivity contribution in [1.82, 2.24) is 0 Å². The Bertz CT molecular complexity index is 1970. The molecule has 97 heavy (non-hydrogen) atoms. The second-order valence-corrected chi connectivity index (χ2v) is 28.7. The molecule has 0 aromatic heterocycles. The molecule has 2 atom stereocenters. The van der Waals surface area contributed by atoms with Crippen LogP contribution in [0.1, 0.15) is 373 Å². The van der Waals surface area contributed by atoms with E-state index >= 15 is 0 Å². The van der Waals surface area contributed by atoms with Gasteiger partial charge in [-0.3, -0.25) is 9.59 Å². The van der Waals surface area contributed by atoms with Crippen molar-refractivity contribution in [3.8, 4) is 0 Å². The van der Waals surface area contributed by atoms with Crippen LogP contribution in [-0.2, 0) is 33.3 Å². The van der Waals surface area contributed by atoms with Gasteiger partial charge < -0.3 is 33.3 Å². The Morgan fingerprint density at radius 3 is 0.876 bits per heavy atom. The number of hydrogen-bond donors (Lipinski definition) is 0. The molecule has 0 saturated carbocycles. The summed E-state index contributed by atoms with van der Waals surface area (Å²) in [6.45, 7) is 4.67. The normalized spacial score (nSPS) is 13.2. The Morgan fingerprint density at radius 2 is 0.588 bits per heavy atom. The van der Waals surface area contributed by atoms with Gasteiger partial charge in [-0.15, -0.1) is 0 Å². The first-order valence-corrected chi connectivity index (χ1v) is 41.0. The van der Waals surface area contributed by atoms with Gasteiger partial charge in [0.2, 0.25) is 0 Å².